The van der Waals surface area contributed by atoms with Crippen LogP contribution in [-0.2, 0) is 0 Å². The number of benzene rings is 2. The Kier molecular flexibility index (Phi) is 5.56. The first-order valence-electron chi connectivity index (χ1n) is 8.41. The number of hydrogen-bond donors (Lipinski definition) is 3. The second-order valence-corrected chi connectivity index (χ2v) is 8.24. The summed E-state index contributed by atoms with van der Waals surface area (Å²) in [5.41, 5.74) is 2.31. The zero-order valence-corrected chi connectivity index (χ0v) is 18.2. The van der Waals surface area contributed by atoms with E-state index in [2.05, 4.69) is 41.7 Å². The number of rotatable bonds is 4. The van der Waals surface area contributed by atoms with Gasteiger partial charge in [-0.15, -0.1) is 0 Å². The summed E-state index contributed by atoms with van der Waals surface area (Å²) >= 11 is 10.1. The van der Waals surface area contributed by atoms with E-state index in [-0.39, 0.29) is 5.56 Å². The Morgan fingerprint density at radius 1 is 1.14 bits per heavy atom. The molecule has 29 heavy (non-hydrogen) atoms. The van der Waals surface area contributed by atoms with E-state index in [1.807, 2.05) is 48.5 Å². The molecule has 0 bridgehead atoms. The Hall–Kier alpha value is -2.82. The van der Waals surface area contributed by atoms with Crippen LogP contribution in [0.4, 0.5) is 10.8 Å². The average molecular weight is 488 g/mol. The lowest BCUT2D eigenvalue weighted by molar-refractivity contribution is 0.415. The molecule has 2 aromatic carbocycles. The Labute approximate surface area is 183 Å². The van der Waals surface area contributed by atoms with Crippen LogP contribution >= 0.6 is 39.5 Å². The van der Waals surface area contributed by atoms with Crippen molar-refractivity contribution in [2.45, 2.75) is 0 Å². The molecule has 2 aromatic heterocycles. The van der Waals surface area contributed by atoms with Gasteiger partial charge in [0.25, 0.3) is 5.56 Å². The van der Waals surface area contributed by atoms with Crippen molar-refractivity contribution >= 4 is 65.6 Å². The Morgan fingerprint density at radius 2 is 1.86 bits per heavy atom. The number of thiazole rings is 1. The summed E-state index contributed by atoms with van der Waals surface area (Å²) in [7, 11) is 1.61. The minimum absolute atomic E-state index is 0.317. The lowest BCUT2D eigenvalue weighted by Gasteiger charge is -2.08. The number of anilines is 2. The topological polar surface area (TPSA) is 91.9 Å². The van der Waals surface area contributed by atoms with Crippen molar-refractivity contribution in [2.75, 3.05) is 17.7 Å². The highest BCUT2D eigenvalue weighted by atomic mass is 79.9. The number of ether oxygens (including phenoxy) is 1. The molecule has 0 atom stereocenters. The molecule has 0 saturated heterocycles. The number of H-pyrrole nitrogens is 1. The first kappa shape index (κ1) is 19.5. The predicted molar refractivity (Wildman–Crippen MR) is 124 cm³/mol. The van der Waals surface area contributed by atoms with E-state index >= 15 is 0 Å². The standard InChI is InChI=1S/C19H14BrN5O2S2/c1-27-13-8-6-12(7-9-13)21-18(28)23-19-22-15-16(29-19)14(24-25-17(15)26)10-2-4-11(20)5-3-10/h2-9H,1H3,(H,25,26)(H2,21,22,23,28). The Morgan fingerprint density at radius 3 is 2.55 bits per heavy atom. The first-order valence-corrected chi connectivity index (χ1v) is 10.4. The molecule has 0 aliphatic heterocycles. The second-order valence-electron chi connectivity index (χ2n) is 5.91. The Balaban J connectivity index is 1.60. The van der Waals surface area contributed by atoms with Gasteiger partial charge in [0.05, 0.1) is 11.8 Å². The minimum atomic E-state index is -0.348. The number of nitrogens with zero attached hydrogens (tertiary/aromatic N) is 2. The zero-order valence-electron chi connectivity index (χ0n) is 15.0. The summed E-state index contributed by atoms with van der Waals surface area (Å²) in [4.78, 5) is 16.6. The molecule has 146 valence electrons. The summed E-state index contributed by atoms with van der Waals surface area (Å²) in [5.74, 6) is 0.757. The van der Waals surface area contributed by atoms with Crippen LogP contribution in [0.3, 0.4) is 0 Å². The van der Waals surface area contributed by atoms with Crippen LogP contribution in [0.2, 0.25) is 0 Å². The third-order valence-corrected chi connectivity index (χ3v) is 5.72. The molecule has 0 radical (unpaired) electrons. The summed E-state index contributed by atoms with van der Waals surface area (Å²) < 4.78 is 6.79. The maximum Gasteiger partial charge on any atom is 0.291 e. The molecule has 0 unspecified atom stereocenters. The van der Waals surface area contributed by atoms with Crippen molar-refractivity contribution in [1.29, 1.82) is 0 Å². The van der Waals surface area contributed by atoms with Crippen molar-refractivity contribution in [2.24, 2.45) is 0 Å². The number of nitrogens with one attached hydrogen (secondary N) is 3. The van der Waals surface area contributed by atoms with E-state index in [9.17, 15) is 4.79 Å². The van der Waals surface area contributed by atoms with Crippen molar-refractivity contribution in [3.8, 4) is 17.0 Å². The lowest BCUT2D eigenvalue weighted by Crippen LogP contribution is -2.19. The summed E-state index contributed by atoms with van der Waals surface area (Å²) in [5, 5.41) is 13.7. The number of halogens is 1. The number of fused-ring (bicyclic) bond motifs is 1. The van der Waals surface area contributed by atoms with E-state index in [1.54, 1.807) is 7.11 Å². The van der Waals surface area contributed by atoms with Gasteiger partial charge in [-0.05, 0) is 48.6 Å². The summed E-state index contributed by atoms with van der Waals surface area (Å²) in [6, 6.07) is 15.1. The van der Waals surface area contributed by atoms with Crippen molar-refractivity contribution in [3.63, 3.8) is 0 Å². The highest BCUT2D eigenvalue weighted by Crippen LogP contribution is 2.32. The maximum atomic E-state index is 12.2. The predicted octanol–water partition coefficient (Wildman–Crippen LogP) is 4.63. The molecule has 2 heterocycles. The van der Waals surface area contributed by atoms with E-state index in [1.165, 1.54) is 11.3 Å². The van der Waals surface area contributed by atoms with Gasteiger partial charge in [0, 0.05) is 15.7 Å². The third-order valence-electron chi connectivity index (χ3n) is 4.01. The zero-order chi connectivity index (χ0) is 20.4. The number of methoxy groups -OCH3 is 1. The van der Waals surface area contributed by atoms with Crippen LogP contribution in [0.1, 0.15) is 0 Å². The molecule has 7 nitrogen and oxygen atoms in total. The van der Waals surface area contributed by atoms with Crippen LogP contribution in [-0.4, -0.2) is 27.4 Å². The van der Waals surface area contributed by atoms with E-state index in [0.717, 1.165) is 21.5 Å². The summed E-state index contributed by atoms with van der Waals surface area (Å²) in [6.07, 6.45) is 0. The van der Waals surface area contributed by atoms with Gasteiger partial charge in [-0.25, -0.2) is 10.1 Å². The van der Waals surface area contributed by atoms with Crippen LogP contribution in [0.15, 0.2) is 57.8 Å². The molecule has 0 aliphatic rings. The van der Waals surface area contributed by atoms with Crippen LogP contribution < -0.4 is 20.9 Å². The smallest absolute Gasteiger partial charge is 0.291 e. The normalized spacial score (nSPS) is 10.7. The molecule has 4 aromatic rings. The van der Waals surface area contributed by atoms with E-state index in [0.29, 0.717) is 26.2 Å². The highest BCUT2D eigenvalue weighted by molar-refractivity contribution is 9.10. The Bertz CT molecular complexity index is 1240. The number of thiocarbonyl (C=S) groups is 1. The minimum Gasteiger partial charge on any atom is -0.497 e. The monoisotopic (exact) mass is 487 g/mol. The van der Waals surface area contributed by atoms with Crippen molar-refractivity contribution < 1.29 is 4.74 Å². The van der Waals surface area contributed by atoms with Crippen LogP contribution in [0.25, 0.3) is 21.5 Å². The molecule has 0 aliphatic carbocycles. The molecule has 10 heteroatoms. The molecular formula is C19H14BrN5O2S2. The molecule has 3 N–H and O–H groups in total. The van der Waals surface area contributed by atoms with Gasteiger partial charge < -0.3 is 15.4 Å². The van der Waals surface area contributed by atoms with Gasteiger partial charge >= 0.3 is 0 Å². The largest absolute Gasteiger partial charge is 0.497 e. The SMILES string of the molecule is COc1ccc(NC(=S)Nc2nc3c(=O)[nH]nc(-c4ccc(Br)cc4)c3s2)cc1. The highest BCUT2D eigenvalue weighted by Gasteiger charge is 2.15. The van der Waals surface area contributed by atoms with Crippen molar-refractivity contribution in [1.82, 2.24) is 15.2 Å². The number of aromatic amines is 1. The van der Waals surface area contributed by atoms with Crippen LogP contribution in [0.5, 0.6) is 5.75 Å². The fourth-order valence-corrected chi connectivity index (χ4v) is 4.16. The first-order chi connectivity index (χ1) is 14.0. The molecule has 0 amide bonds. The van der Waals surface area contributed by atoms with Crippen LogP contribution in [0, 0.1) is 0 Å². The third kappa shape index (κ3) is 4.29. The number of aromatic nitrogens is 3. The molecule has 0 fully saturated rings. The average Bonchev–Trinajstić information content (AvgIpc) is 3.14. The van der Waals surface area contributed by atoms with Gasteiger partial charge in [-0.2, -0.15) is 5.10 Å². The van der Waals surface area contributed by atoms with Gasteiger partial charge in [-0.1, -0.05) is 39.4 Å². The molecule has 0 spiro atoms. The molecule has 0 saturated carbocycles. The van der Waals surface area contributed by atoms with Gasteiger partial charge in [0.15, 0.2) is 15.8 Å². The fourth-order valence-electron chi connectivity index (χ4n) is 2.64. The quantitative estimate of drug-likeness (QED) is 0.361. The van der Waals surface area contributed by atoms with E-state index in [4.69, 9.17) is 17.0 Å². The maximum absolute atomic E-state index is 12.2. The lowest BCUT2D eigenvalue weighted by atomic mass is 10.1. The second kappa shape index (κ2) is 8.27. The van der Waals surface area contributed by atoms with Gasteiger partial charge in [0.1, 0.15) is 11.4 Å². The molecular weight excluding hydrogens is 474 g/mol. The fraction of sp³-hybridized carbons (Fsp3) is 0.0526. The van der Waals surface area contributed by atoms with Crippen molar-refractivity contribution in [3.05, 3.63) is 63.4 Å². The van der Waals surface area contributed by atoms with Gasteiger partial charge in [0.2, 0.25) is 0 Å². The number of hydrogen-bond acceptors (Lipinski definition) is 6. The van der Waals surface area contributed by atoms with E-state index < -0.39 is 0 Å². The summed E-state index contributed by atoms with van der Waals surface area (Å²) in [6.45, 7) is 0. The van der Waals surface area contributed by atoms with Gasteiger partial charge in [-0.3, -0.25) is 4.79 Å². The molecule has 4 rings (SSSR count).